The summed E-state index contributed by atoms with van der Waals surface area (Å²) < 4.78 is 10.1. The highest BCUT2D eigenvalue weighted by atomic mass is 32.2. The van der Waals surface area contributed by atoms with E-state index in [1.54, 1.807) is 24.3 Å². The van der Waals surface area contributed by atoms with Crippen molar-refractivity contribution >= 4 is 35.4 Å². The number of esters is 1. The standard InChI is InChI=1S/C15H21N3O5S/c1-22-12-6-4-3-5-10(12)17-13(19)9-23-14(20)11(7-8-24-2)18-15(16)21/h3-6,11H,7-9H2,1-2H3,(H,17,19)(H3,16,18,21)/t11-/m1/s1. The van der Waals surface area contributed by atoms with Gasteiger partial charge in [0.05, 0.1) is 12.8 Å². The van der Waals surface area contributed by atoms with Crippen LogP contribution in [0.1, 0.15) is 6.42 Å². The van der Waals surface area contributed by atoms with Crippen LogP contribution in [0.2, 0.25) is 0 Å². The first-order valence-corrected chi connectivity index (χ1v) is 8.51. The van der Waals surface area contributed by atoms with Gasteiger partial charge in [0.15, 0.2) is 6.61 Å². The first kappa shape index (κ1) is 19.6. The minimum absolute atomic E-state index is 0.358. The normalized spacial score (nSPS) is 11.2. The second-order valence-corrected chi connectivity index (χ2v) is 5.68. The molecule has 0 saturated heterocycles. The highest BCUT2D eigenvalue weighted by molar-refractivity contribution is 7.98. The van der Waals surface area contributed by atoms with E-state index in [4.69, 9.17) is 15.2 Å². The summed E-state index contributed by atoms with van der Waals surface area (Å²) in [5, 5.41) is 4.89. The molecule has 0 saturated carbocycles. The molecular formula is C15H21N3O5S. The molecule has 1 rings (SSSR count). The Balaban J connectivity index is 2.54. The lowest BCUT2D eigenvalue weighted by molar-refractivity contribution is -0.149. The Bertz CT molecular complexity index is 582. The van der Waals surface area contributed by atoms with E-state index in [2.05, 4.69) is 10.6 Å². The Kier molecular flexibility index (Phi) is 8.48. The number of hydrogen-bond donors (Lipinski definition) is 3. The maximum atomic E-state index is 12.0. The molecule has 132 valence electrons. The minimum Gasteiger partial charge on any atom is -0.495 e. The summed E-state index contributed by atoms with van der Waals surface area (Å²) in [6.07, 6.45) is 2.23. The summed E-state index contributed by atoms with van der Waals surface area (Å²) in [6.45, 7) is -0.479. The third-order valence-corrected chi connectivity index (χ3v) is 3.58. The van der Waals surface area contributed by atoms with Crippen LogP contribution < -0.4 is 21.1 Å². The van der Waals surface area contributed by atoms with E-state index in [-0.39, 0.29) is 0 Å². The second-order valence-electron chi connectivity index (χ2n) is 4.70. The summed E-state index contributed by atoms with van der Waals surface area (Å²) >= 11 is 1.51. The molecule has 8 nitrogen and oxygen atoms in total. The molecule has 0 spiro atoms. The van der Waals surface area contributed by atoms with E-state index in [0.29, 0.717) is 23.6 Å². The molecule has 1 atom stereocenters. The minimum atomic E-state index is -0.881. The highest BCUT2D eigenvalue weighted by Crippen LogP contribution is 2.22. The molecule has 0 aliphatic rings. The van der Waals surface area contributed by atoms with Gasteiger partial charge in [0, 0.05) is 0 Å². The SMILES string of the molecule is COc1ccccc1NC(=O)COC(=O)[C@@H](CCSC)NC(N)=O. The van der Waals surface area contributed by atoms with Crippen molar-refractivity contribution in [3.05, 3.63) is 24.3 Å². The fourth-order valence-corrected chi connectivity index (χ4v) is 2.30. The topological polar surface area (TPSA) is 120 Å². The fraction of sp³-hybridized carbons (Fsp3) is 0.400. The van der Waals surface area contributed by atoms with Gasteiger partial charge in [-0.1, -0.05) is 12.1 Å². The fourth-order valence-electron chi connectivity index (χ4n) is 1.83. The van der Waals surface area contributed by atoms with Gasteiger partial charge in [0.25, 0.3) is 5.91 Å². The predicted octanol–water partition coefficient (Wildman–Crippen LogP) is 0.967. The van der Waals surface area contributed by atoms with E-state index in [1.165, 1.54) is 18.9 Å². The maximum Gasteiger partial charge on any atom is 0.329 e. The summed E-state index contributed by atoms with van der Waals surface area (Å²) in [6, 6.07) is 5.15. The zero-order chi connectivity index (χ0) is 17.9. The summed E-state index contributed by atoms with van der Waals surface area (Å²) in [5.41, 5.74) is 5.50. The number of carbonyl (C=O) groups excluding carboxylic acids is 3. The third kappa shape index (κ3) is 6.78. The van der Waals surface area contributed by atoms with E-state index in [1.807, 2.05) is 6.26 Å². The predicted molar refractivity (Wildman–Crippen MR) is 92.1 cm³/mol. The number of thioether (sulfide) groups is 1. The van der Waals surface area contributed by atoms with Crippen LogP contribution in [-0.2, 0) is 14.3 Å². The van der Waals surface area contributed by atoms with Gasteiger partial charge in [0.1, 0.15) is 11.8 Å². The van der Waals surface area contributed by atoms with Gasteiger partial charge < -0.3 is 25.8 Å². The first-order valence-electron chi connectivity index (χ1n) is 7.12. The molecule has 1 aromatic carbocycles. The van der Waals surface area contributed by atoms with Crippen molar-refractivity contribution in [2.24, 2.45) is 5.73 Å². The molecule has 0 aromatic heterocycles. The van der Waals surface area contributed by atoms with Crippen molar-refractivity contribution in [2.45, 2.75) is 12.5 Å². The molecule has 0 fully saturated rings. The lowest BCUT2D eigenvalue weighted by atomic mass is 10.2. The van der Waals surface area contributed by atoms with Gasteiger partial charge >= 0.3 is 12.0 Å². The van der Waals surface area contributed by atoms with Crippen LogP contribution >= 0.6 is 11.8 Å². The molecule has 24 heavy (non-hydrogen) atoms. The molecule has 1 aromatic rings. The quantitative estimate of drug-likeness (QED) is 0.568. The van der Waals surface area contributed by atoms with Crippen molar-refractivity contribution in [3.63, 3.8) is 0 Å². The van der Waals surface area contributed by atoms with Gasteiger partial charge in [-0.3, -0.25) is 4.79 Å². The molecular weight excluding hydrogens is 334 g/mol. The number of anilines is 1. The summed E-state index contributed by atoms with van der Waals surface area (Å²) in [7, 11) is 1.48. The number of nitrogens with two attached hydrogens (primary N) is 1. The number of methoxy groups -OCH3 is 1. The van der Waals surface area contributed by atoms with Crippen molar-refractivity contribution in [3.8, 4) is 5.75 Å². The summed E-state index contributed by atoms with van der Waals surface area (Å²) in [4.78, 5) is 34.8. The Morgan fingerprint density at radius 3 is 2.62 bits per heavy atom. The monoisotopic (exact) mass is 355 g/mol. The number of para-hydroxylation sites is 2. The molecule has 0 bridgehead atoms. The Morgan fingerprint density at radius 1 is 1.29 bits per heavy atom. The van der Waals surface area contributed by atoms with E-state index >= 15 is 0 Å². The van der Waals surface area contributed by atoms with Crippen LogP contribution in [0.3, 0.4) is 0 Å². The van der Waals surface area contributed by atoms with Gasteiger partial charge in [-0.05, 0) is 30.6 Å². The number of benzene rings is 1. The van der Waals surface area contributed by atoms with Crippen molar-refractivity contribution in [1.29, 1.82) is 0 Å². The molecule has 0 heterocycles. The maximum absolute atomic E-state index is 12.0. The Hall–Kier alpha value is -2.42. The van der Waals surface area contributed by atoms with Crippen LogP contribution in [0, 0.1) is 0 Å². The van der Waals surface area contributed by atoms with Crippen LogP contribution in [0.25, 0.3) is 0 Å². The van der Waals surface area contributed by atoms with Crippen molar-refractivity contribution < 1.29 is 23.9 Å². The molecule has 9 heteroatoms. The van der Waals surface area contributed by atoms with Crippen molar-refractivity contribution in [1.82, 2.24) is 5.32 Å². The molecule has 3 amide bonds. The number of nitrogens with one attached hydrogen (secondary N) is 2. The number of amides is 3. The van der Waals surface area contributed by atoms with Gasteiger partial charge in [-0.15, -0.1) is 0 Å². The highest BCUT2D eigenvalue weighted by Gasteiger charge is 2.22. The van der Waals surface area contributed by atoms with Gasteiger partial charge in [-0.25, -0.2) is 9.59 Å². The van der Waals surface area contributed by atoms with Crippen LogP contribution in [0.15, 0.2) is 24.3 Å². The lowest BCUT2D eigenvalue weighted by Crippen LogP contribution is -2.45. The molecule has 0 aliphatic carbocycles. The van der Waals surface area contributed by atoms with Crippen LogP contribution in [0.5, 0.6) is 5.75 Å². The number of rotatable bonds is 9. The smallest absolute Gasteiger partial charge is 0.329 e. The zero-order valence-corrected chi connectivity index (χ0v) is 14.4. The number of urea groups is 1. The Labute approximate surface area is 144 Å². The Morgan fingerprint density at radius 2 is 2.00 bits per heavy atom. The van der Waals surface area contributed by atoms with Crippen LogP contribution in [0.4, 0.5) is 10.5 Å². The number of primary amides is 1. The zero-order valence-electron chi connectivity index (χ0n) is 13.5. The third-order valence-electron chi connectivity index (χ3n) is 2.94. The van der Waals surface area contributed by atoms with Gasteiger partial charge in [0.2, 0.25) is 0 Å². The molecule has 4 N–H and O–H groups in total. The summed E-state index contributed by atoms with van der Waals surface area (Å²) in [5.74, 6) is -0.105. The van der Waals surface area contributed by atoms with E-state index < -0.39 is 30.6 Å². The molecule has 0 unspecified atom stereocenters. The molecule has 0 aliphatic heterocycles. The second kappa shape index (κ2) is 10.4. The largest absolute Gasteiger partial charge is 0.495 e. The average molecular weight is 355 g/mol. The first-order chi connectivity index (χ1) is 11.5. The van der Waals surface area contributed by atoms with Crippen molar-refractivity contribution in [2.75, 3.05) is 31.0 Å². The number of ether oxygens (including phenoxy) is 2. The van der Waals surface area contributed by atoms with E-state index in [9.17, 15) is 14.4 Å². The number of hydrogen-bond acceptors (Lipinski definition) is 6. The molecule has 0 radical (unpaired) electrons. The number of carbonyl (C=O) groups is 3. The van der Waals surface area contributed by atoms with E-state index in [0.717, 1.165) is 0 Å². The van der Waals surface area contributed by atoms with Gasteiger partial charge in [-0.2, -0.15) is 11.8 Å². The average Bonchev–Trinajstić information content (AvgIpc) is 2.56. The van der Waals surface area contributed by atoms with Crippen LogP contribution in [-0.4, -0.2) is 49.7 Å². The lowest BCUT2D eigenvalue weighted by Gasteiger charge is -2.16.